The highest BCUT2D eigenvalue weighted by Gasteiger charge is 2.51. The molecule has 1 fully saturated rings. The van der Waals surface area contributed by atoms with Crippen LogP contribution in [0.5, 0.6) is 0 Å². The molecule has 3 aromatic rings. The molecule has 0 amide bonds. The second-order valence-corrected chi connectivity index (χ2v) is 14.2. The first-order chi connectivity index (χ1) is 16.8. The van der Waals surface area contributed by atoms with Crippen LogP contribution in [-0.2, 0) is 18.6 Å². The van der Waals surface area contributed by atoms with Crippen molar-refractivity contribution in [2.24, 2.45) is 0 Å². The van der Waals surface area contributed by atoms with E-state index in [9.17, 15) is 4.79 Å². The largest absolute Gasteiger partial charge is 0.456 e. The van der Waals surface area contributed by atoms with E-state index in [2.05, 4.69) is 69.3 Å². The van der Waals surface area contributed by atoms with Gasteiger partial charge in [0.15, 0.2) is 6.29 Å². The van der Waals surface area contributed by atoms with Gasteiger partial charge in [0.25, 0.3) is 8.32 Å². The number of ether oxygens (including phenoxy) is 3. The fraction of sp³-hybridized carbons (Fsp3) is 0.345. The number of benzene rings is 3. The van der Waals surface area contributed by atoms with Crippen LogP contribution in [0.1, 0.15) is 37.6 Å². The third-order valence-corrected chi connectivity index (χ3v) is 11.6. The van der Waals surface area contributed by atoms with Crippen molar-refractivity contribution in [1.29, 1.82) is 0 Å². The third-order valence-electron chi connectivity index (χ3n) is 6.58. The maximum absolute atomic E-state index is 12.8. The van der Waals surface area contributed by atoms with Gasteiger partial charge in [-0.3, -0.25) is 0 Å². The Labute approximate surface area is 209 Å². The number of esters is 1. The van der Waals surface area contributed by atoms with E-state index in [1.54, 1.807) is 19.2 Å². The zero-order valence-electron chi connectivity index (χ0n) is 20.8. The monoisotopic (exact) mass is 490 g/mol. The summed E-state index contributed by atoms with van der Waals surface area (Å²) in [6.45, 7) is 7.00. The molecule has 35 heavy (non-hydrogen) atoms. The first-order valence-electron chi connectivity index (χ1n) is 12.0. The lowest BCUT2D eigenvalue weighted by atomic mass is 10.2. The van der Waals surface area contributed by atoms with Crippen LogP contribution >= 0.6 is 0 Å². The Bertz CT molecular complexity index is 1040. The Balaban J connectivity index is 1.63. The van der Waals surface area contributed by atoms with Crippen LogP contribution in [0.3, 0.4) is 0 Å². The Hall–Kier alpha value is -2.77. The van der Waals surface area contributed by atoms with Crippen molar-refractivity contribution in [2.45, 2.75) is 50.7 Å². The smallest absolute Gasteiger partial charge is 0.338 e. The summed E-state index contributed by atoms with van der Waals surface area (Å²) in [5.74, 6) is -0.369. The summed E-state index contributed by atoms with van der Waals surface area (Å²) < 4.78 is 24.5. The molecule has 1 aliphatic rings. The predicted octanol–water partition coefficient (Wildman–Crippen LogP) is 4.55. The van der Waals surface area contributed by atoms with Gasteiger partial charge in [-0.2, -0.15) is 0 Å². The summed E-state index contributed by atoms with van der Waals surface area (Å²) in [5, 5.41) is 2.22. The van der Waals surface area contributed by atoms with Gasteiger partial charge in [0.05, 0.1) is 12.2 Å². The first-order valence-corrected chi connectivity index (χ1v) is 14.0. The lowest BCUT2D eigenvalue weighted by Crippen LogP contribution is -2.67. The molecule has 0 N–H and O–H groups in total. The van der Waals surface area contributed by atoms with Crippen molar-refractivity contribution in [3.63, 3.8) is 0 Å². The predicted molar refractivity (Wildman–Crippen MR) is 140 cm³/mol. The van der Waals surface area contributed by atoms with Gasteiger partial charge in [-0.05, 0) is 27.5 Å². The second-order valence-electron chi connectivity index (χ2n) is 9.86. The maximum atomic E-state index is 12.8. The van der Waals surface area contributed by atoms with Crippen LogP contribution in [0.15, 0.2) is 91.0 Å². The molecule has 3 aromatic carbocycles. The lowest BCUT2D eigenvalue weighted by molar-refractivity contribution is -0.126. The number of carbonyl (C=O) groups excluding carboxylic acids is 1. The van der Waals surface area contributed by atoms with Gasteiger partial charge in [-0.25, -0.2) is 4.79 Å². The molecule has 0 spiro atoms. The molecule has 1 aliphatic heterocycles. The Kier molecular flexibility index (Phi) is 7.87. The molecular formula is C29H34O5Si. The summed E-state index contributed by atoms with van der Waals surface area (Å²) in [5.41, 5.74) is 0.514. The van der Waals surface area contributed by atoms with Crippen LogP contribution < -0.4 is 10.4 Å². The summed E-state index contributed by atoms with van der Waals surface area (Å²) in [7, 11) is -1.14. The number of hydrogen-bond donors (Lipinski definition) is 0. The van der Waals surface area contributed by atoms with Gasteiger partial charge in [-0.15, -0.1) is 0 Å². The summed E-state index contributed by atoms with van der Waals surface area (Å²) >= 11 is 0. The molecule has 0 bridgehead atoms. The van der Waals surface area contributed by atoms with Gasteiger partial charge in [-0.1, -0.05) is 99.6 Å². The molecular weight excluding hydrogens is 456 g/mol. The minimum Gasteiger partial charge on any atom is -0.456 e. The van der Waals surface area contributed by atoms with E-state index in [1.165, 1.54) is 10.4 Å². The molecule has 1 heterocycles. The zero-order chi connectivity index (χ0) is 24.9. The molecule has 0 radical (unpaired) electrons. The minimum atomic E-state index is -2.74. The minimum absolute atomic E-state index is 0.162. The van der Waals surface area contributed by atoms with Crippen LogP contribution in [0.2, 0.25) is 5.04 Å². The summed E-state index contributed by atoms with van der Waals surface area (Å²) in [6, 6.07) is 29.9. The number of hydrogen-bond acceptors (Lipinski definition) is 5. The Morgan fingerprint density at radius 2 is 1.40 bits per heavy atom. The van der Waals surface area contributed by atoms with E-state index >= 15 is 0 Å². The maximum Gasteiger partial charge on any atom is 0.338 e. The molecule has 6 heteroatoms. The van der Waals surface area contributed by atoms with Gasteiger partial charge in [0.1, 0.15) is 12.2 Å². The lowest BCUT2D eigenvalue weighted by Gasteiger charge is -2.43. The van der Waals surface area contributed by atoms with Crippen LogP contribution in [0, 0.1) is 0 Å². The molecule has 0 aromatic heterocycles. The normalized spacial score (nSPS) is 20.5. The van der Waals surface area contributed by atoms with Crippen LogP contribution in [0.4, 0.5) is 0 Å². The highest BCUT2D eigenvalue weighted by molar-refractivity contribution is 6.99. The standard InChI is InChI=1S/C29H34O5Si/c1-29(2,3)35(23-16-10-6-11-17-23,24-18-12-7-13-19-24)32-21-26-25(20-27(31-4)33-26)34-28(30)22-14-8-5-9-15-22/h5-19,25-27H,20-21H2,1-4H3/t25-,26-,27?/m0/s1. The summed E-state index contributed by atoms with van der Waals surface area (Å²) in [4.78, 5) is 12.8. The number of methoxy groups -OCH3 is 1. The molecule has 1 unspecified atom stereocenters. The Morgan fingerprint density at radius 3 is 1.89 bits per heavy atom. The Morgan fingerprint density at radius 1 is 0.886 bits per heavy atom. The van der Waals surface area contributed by atoms with Crippen LogP contribution in [-0.4, -0.2) is 46.5 Å². The molecule has 3 atom stereocenters. The fourth-order valence-electron chi connectivity index (χ4n) is 4.85. The molecule has 0 aliphatic carbocycles. The van der Waals surface area contributed by atoms with E-state index in [0.717, 1.165) is 0 Å². The number of rotatable bonds is 8. The highest BCUT2D eigenvalue weighted by atomic mass is 28.4. The molecule has 5 nitrogen and oxygen atoms in total. The molecule has 4 rings (SSSR count). The average molecular weight is 491 g/mol. The number of carbonyl (C=O) groups is 1. The van der Waals surface area contributed by atoms with E-state index in [0.29, 0.717) is 18.6 Å². The second kappa shape index (κ2) is 10.9. The quantitative estimate of drug-likeness (QED) is 0.343. The third kappa shape index (κ3) is 5.41. The van der Waals surface area contributed by atoms with E-state index in [1.807, 2.05) is 30.3 Å². The highest BCUT2D eigenvalue weighted by Crippen LogP contribution is 2.37. The van der Waals surface area contributed by atoms with Gasteiger partial charge in [0, 0.05) is 13.5 Å². The van der Waals surface area contributed by atoms with E-state index < -0.39 is 26.8 Å². The topological polar surface area (TPSA) is 54.0 Å². The molecule has 1 saturated heterocycles. The van der Waals surface area contributed by atoms with E-state index in [-0.39, 0.29) is 11.0 Å². The van der Waals surface area contributed by atoms with Crippen molar-refractivity contribution < 1.29 is 23.4 Å². The van der Waals surface area contributed by atoms with Crippen molar-refractivity contribution in [1.82, 2.24) is 0 Å². The average Bonchev–Trinajstić information content (AvgIpc) is 3.27. The van der Waals surface area contributed by atoms with Crippen molar-refractivity contribution >= 4 is 24.7 Å². The molecule has 0 saturated carbocycles. The molecule has 184 valence electrons. The van der Waals surface area contributed by atoms with Gasteiger partial charge in [0.2, 0.25) is 0 Å². The van der Waals surface area contributed by atoms with Crippen molar-refractivity contribution in [3.8, 4) is 0 Å². The SMILES string of the molecule is COC1C[C@H](OC(=O)c2ccccc2)[C@H](CO[Si](c2ccccc2)(c2ccccc2)C(C)(C)C)O1. The van der Waals surface area contributed by atoms with Crippen LogP contribution in [0.25, 0.3) is 0 Å². The first kappa shape index (κ1) is 25.3. The fourth-order valence-corrected chi connectivity index (χ4v) is 9.42. The summed E-state index contributed by atoms with van der Waals surface area (Å²) in [6.07, 6.45) is -0.888. The van der Waals surface area contributed by atoms with Crippen molar-refractivity contribution in [2.75, 3.05) is 13.7 Å². The van der Waals surface area contributed by atoms with E-state index in [4.69, 9.17) is 18.6 Å². The van der Waals surface area contributed by atoms with Gasteiger partial charge < -0.3 is 18.6 Å². The van der Waals surface area contributed by atoms with Gasteiger partial charge >= 0.3 is 5.97 Å². The van der Waals surface area contributed by atoms with Crippen molar-refractivity contribution in [3.05, 3.63) is 96.6 Å². The zero-order valence-corrected chi connectivity index (χ0v) is 21.8.